The van der Waals surface area contributed by atoms with Crippen LogP contribution in [0.15, 0.2) is 34.9 Å². The highest BCUT2D eigenvalue weighted by molar-refractivity contribution is 9.10. The number of nitrogens with one attached hydrogen (secondary N) is 2. The Morgan fingerprint density at radius 2 is 1.84 bits per heavy atom. The van der Waals surface area contributed by atoms with Gasteiger partial charge in [-0.1, -0.05) is 30.3 Å². The number of amides is 1. The van der Waals surface area contributed by atoms with E-state index in [2.05, 4.69) is 26.2 Å². The average Bonchev–Trinajstić information content (AvgIpc) is 2.65. The second kappa shape index (κ2) is 4.23. The molecular formula is C15H15BrN2O. The third-order valence-corrected chi connectivity index (χ3v) is 3.99. The molecule has 3 nitrogen and oxygen atoms in total. The van der Waals surface area contributed by atoms with Crippen molar-refractivity contribution >= 4 is 21.8 Å². The van der Waals surface area contributed by atoms with Gasteiger partial charge in [-0.25, -0.2) is 0 Å². The van der Waals surface area contributed by atoms with Gasteiger partial charge in [-0.15, -0.1) is 0 Å². The zero-order valence-corrected chi connectivity index (χ0v) is 12.5. The molecule has 1 aromatic carbocycles. The van der Waals surface area contributed by atoms with Crippen LogP contribution in [0.4, 0.5) is 0 Å². The summed E-state index contributed by atoms with van der Waals surface area (Å²) < 4.78 is 0.872. The van der Waals surface area contributed by atoms with Crippen molar-refractivity contribution in [1.82, 2.24) is 10.3 Å². The number of rotatable bonds is 1. The Hall–Kier alpha value is -1.55. The molecule has 19 heavy (non-hydrogen) atoms. The van der Waals surface area contributed by atoms with E-state index in [1.54, 1.807) is 0 Å². The maximum absolute atomic E-state index is 12.4. The first-order valence-corrected chi connectivity index (χ1v) is 7.05. The number of benzene rings is 1. The van der Waals surface area contributed by atoms with Crippen LogP contribution >= 0.6 is 15.9 Å². The van der Waals surface area contributed by atoms with Crippen molar-refractivity contribution in [1.29, 1.82) is 0 Å². The van der Waals surface area contributed by atoms with Gasteiger partial charge in [0.05, 0.1) is 10.2 Å². The van der Waals surface area contributed by atoms with Gasteiger partial charge in [0.1, 0.15) is 0 Å². The molecule has 2 N–H and O–H groups in total. The van der Waals surface area contributed by atoms with Crippen molar-refractivity contribution in [2.24, 2.45) is 0 Å². The number of aromatic nitrogens is 1. The predicted octanol–water partition coefficient (Wildman–Crippen LogP) is 3.51. The smallest absolute Gasteiger partial charge is 0.254 e. The minimum atomic E-state index is -0.206. The van der Waals surface area contributed by atoms with Gasteiger partial charge < -0.3 is 10.3 Å². The van der Waals surface area contributed by atoms with Gasteiger partial charge in [-0.05, 0) is 35.3 Å². The SMILES string of the molecule is CC1(C)Cc2[nH]c(Br)c(-c3ccccc3)c2C(=O)N1. The molecule has 3 rings (SSSR count). The van der Waals surface area contributed by atoms with Crippen molar-refractivity contribution in [3.63, 3.8) is 0 Å². The molecule has 0 aliphatic carbocycles. The quantitative estimate of drug-likeness (QED) is 0.830. The van der Waals surface area contributed by atoms with E-state index in [-0.39, 0.29) is 11.4 Å². The van der Waals surface area contributed by atoms with Crippen molar-refractivity contribution in [3.8, 4) is 11.1 Å². The Labute approximate surface area is 120 Å². The first-order chi connectivity index (χ1) is 8.98. The van der Waals surface area contributed by atoms with Gasteiger partial charge in [0.2, 0.25) is 0 Å². The second-order valence-corrected chi connectivity index (χ2v) is 6.34. The highest BCUT2D eigenvalue weighted by Crippen LogP contribution is 2.37. The summed E-state index contributed by atoms with van der Waals surface area (Å²) in [6, 6.07) is 9.96. The number of hydrogen-bond donors (Lipinski definition) is 2. The van der Waals surface area contributed by atoms with E-state index in [1.165, 1.54) is 0 Å². The highest BCUT2D eigenvalue weighted by atomic mass is 79.9. The minimum Gasteiger partial charge on any atom is -0.352 e. The Morgan fingerprint density at radius 1 is 1.16 bits per heavy atom. The van der Waals surface area contributed by atoms with Crippen LogP contribution in [-0.4, -0.2) is 16.4 Å². The summed E-state index contributed by atoms with van der Waals surface area (Å²) in [7, 11) is 0. The van der Waals surface area contributed by atoms with Gasteiger partial charge in [-0.2, -0.15) is 0 Å². The van der Waals surface area contributed by atoms with Crippen LogP contribution in [0.5, 0.6) is 0 Å². The molecule has 0 atom stereocenters. The van der Waals surface area contributed by atoms with Gasteiger partial charge >= 0.3 is 0 Å². The number of H-pyrrole nitrogens is 1. The molecule has 0 radical (unpaired) electrons. The molecule has 98 valence electrons. The first kappa shape index (κ1) is 12.5. The van der Waals surface area contributed by atoms with E-state index < -0.39 is 0 Å². The van der Waals surface area contributed by atoms with Crippen molar-refractivity contribution in [2.45, 2.75) is 25.8 Å². The van der Waals surface area contributed by atoms with E-state index in [0.29, 0.717) is 0 Å². The Morgan fingerprint density at radius 3 is 2.53 bits per heavy atom. The van der Waals surface area contributed by atoms with Crippen LogP contribution in [-0.2, 0) is 6.42 Å². The third kappa shape index (κ3) is 2.10. The molecule has 1 aromatic heterocycles. The number of carbonyl (C=O) groups is 1. The summed E-state index contributed by atoms with van der Waals surface area (Å²) >= 11 is 3.54. The Balaban J connectivity index is 2.20. The molecule has 1 aliphatic rings. The molecule has 4 heteroatoms. The standard InChI is InChI=1S/C15H15BrN2O/c1-15(2)8-10-12(14(19)18-15)11(13(16)17-10)9-6-4-3-5-7-9/h3-7,17H,8H2,1-2H3,(H,18,19). The van der Waals surface area contributed by atoms with Crippen LogP contribution < -0.4 is 5.32 Å². The number of carbonyl (C=O) groups excluding carboxylic acids is 1. The molecule has 0 spiro atoms. The van der Waals surface area contributed by atoms with E-state index in [1.807, 2.05) is 44.2 Å². The number of halogens is 1. The lowest BCUT2D eigenvalue weighted by atomic mass is 9.89. The molecular weight excluding hydrogens is 304 g/mol. The zero-order chi connectivity index (χ0) is 13.6. The van der Waals surface area contributed by atoms with Gasteiger partial charge in [-0.3, -0.25) is 4.79 Å². The third-order valence-electron chi connectivity index (χ3n) is 3.39. The van der Waals surface area contributed by atoms with Crippen LogP contribution in [0.25, 0.3) is 11.1 Å². The fourth-order valence-corrected chi connectivity index (χ4v) is 3.30. The zero-order valence-electron chi connectivity index (χ0n) is 10.9. The molecule has 0 unspecified atom stereocenters. The number of fused-ring (bicyclic) bond motifs is 1. The van der Waals surface area contributed by atoms with Crippen LogP contribution in [0.1, 0.15) is 29.9 Å². The number of aromatic amines is 1. The molecule has 0 fully saturated rings. The average molecular weight is 319 g/mol. The van der Waals surface area contributed by atoms with E-state index in [4.69, 9.17) is 0 Å². The van der Waals surface area contributed by atoms with E-state index in [0.717, 1.165) is 33.4 Å². The van der Waals surface area contributed by atoms with Crippen LogP contribution in [0.2, 0.25) is 0 Å². The lowest BCUT2D eigenvalue weighted by molar-refractivity contribution is 0.0897. The van der Waals surface area contributed by atoms with Crippen LogP contribution in [0, 0.1) is 0 Å². The highest BCUT2D eigenvalue weighted by Gasteiger charge is 2.34. The van der Waals surface area contributed by atoms with Crippen molar-refractivity contribution in [2.75, 3.05) is 0 Å². The summed E-state index contributed by atoms with van der Waals surface area (Å²) in [6.07, 6.45) is 0.805. The summed E-state index contributed by atoms with van der Waals surface area (Å²) in [4.78, 5) is 15.7. The largest absolute Gasteiger partial charge is 0.352 e. The summed E-state index contributed by atoms with van der Waals surface area (Å²) in [5.74, 6) is -0.00736. The molecule has 1 amide bonds. The Kier molecular flexibility index (Phi) is 2.78. The van der Waals surface area contributed by atoms with Gasteiger partial charge in [0.15, 0.2) is 0 Å². The van der Waals surface area contributed by atoms with Crippen molar-refractivity contribution in [3.05, 3.63) is 46.2 Å². The molecule has 0 saturated carbocycles. The maximum atomic E-state index is 12.4. The fraction of sp³-hybridized carbons (Fsp3) is 0.267. The molecule has 1 aliphatic heterocycles. The minimum absolute atomic E-state index is 0.00736. The topological polar surface area (TPSA) is 44.9 Å². The van der Waals surface area contributed by atoms with Gasteiger partial charge in [0.25, 0.3) is 5.91 Å². The first-order valence-electron chi connectivity index (χ1n) is 6.26. The van der Waals surface area contributed by atoms with Gasteiger partial charge in [0, 0.05) is 23.2 Å². The second-order valence-electron chi connectivity index (χ2n) is 5.55. The van der Waals surface area contributed by atoms with Crippen molar-refractivity contribution < 1.29 is 4.79 Å². The molecule has 2 aromatic rings. The fourth-order valence-electron chi connectivity index (χ4n) is 2.63. The lowest BCUT2D eigenvalue weighted by Gasteiger charge is -2.30. The maximum Gasteiger partial charge on any atom is 0.254 e. The molecule has 0 bridgehead atoms. The number of hydrogen-bond acceptors (Lipinski definition) is 1. The monoisotopic (exact) mass is 318 g/mol. The molecule has 0 saturated heterocycles. The Bertz CT molecular complexity index is 644. The van der Waals surface area contributed by atoms with E-state index >= 15 is 0 Å². The lowest BCUT2D eigenvalue weighted by Crippen LogP contribution is -2.49. The molecule has 2 heterocycles. The normalized spacial score (nSPS) is 16.9. The predicted molar refractivity (Wildman–Crippen MR) is 79.2 cm³/mol. The van der Waals surface area contributed by atoms with Crippen LogP contribution in [0.3, 0.4) is 0 Å². The summed E-state index contributed by atoms with van der Waals surface area (Å²) in [5.41, 5.74) is 3.55. The summed E-state index contributed by atoms with van der Waals surface area (Å²) in [5, 5.41) is 3.06. The summed E-state index contributed by atoms with van der Waals surface area (Å²) in [6.45, 7) is 4.07. The van der Waals surface area contributed by atoms with E-state index in [9.17, 15) is 4.79 Å².